The lowest BCUT2D eigenvalue weighted by atomic mass is 10.1. The normalized spacial score (nSPS) is 14.6. The number of nitrogens with one attached hydrogen (secondary N) is 1. The molecule has 0 fully saturated rings. The summed E-state index contributed by atoms with van der Waals surface area (Å²) in [6.45, 7) is 3.89. The van der Waals surface area contributed by atoms with E-state index in [1.54, 1.807) is 0 Å². The number of anilines is 1. The Morgan fingerprint density at radius 1 is 1.20 bits per heavy atom. The monoisotopic (exact) mass is 337 g/mol. The molecule has 5 heteroatoms. The number of benzene rings is 1. The molecule has 0 saturated heterocycles. The molecule has 4 nitrogen and oxygen atoms in total. The average molecular weight is 338 g/mol. The Morgan fingerprint density at radius 3 is 2.45 bits per heavy atom. The van der Waals surface area contributed by atoms with Crippen molar-refractivity contribution in [2.24, 2.45) is 0 Å². The smallest absolute Gasteiger partial charge is 0.332 e. The maximum atomic E-state index is 12.3. The molecule has 1 aliphatic rings. The van der Waals surface area contributed by atoms with E-state index in [9.17, 15) is 9.59 Å². The maximum Gasteiger partial charge on any atom is 0.332 e. The quantitative estimate of drug-likeness (QED) is 0.885. The number of carboxylic acid groups (broad SMARTS) is 1. The predicted molar refractivity (Wildman–Crippen MR) is 80.8 cm³/mol. The Bertz CT molecular complexity index is 597. The highest BCUT2D eigenvalue weighted by atomic mass is 79.9. The number of carbonyl (C=O) groups is 2. The molecule has 106 valence electrons. The molecule has 0 aliphatic heterocycles. The SMILES string of the molecule is Cc1cc(C)c(NC(=O)C2=C(C(=O)O)CCC2)c(Br)c1. The van der Waals surface area contributed by atoms with Gasteiger partial charge < -0.3 is 10.4 Å². The van der Waals surface area contributed by atoms with Crippen LogP contribution in [0.2, 0.25) is 0 Å². The van der Waals surface area contributed by atoms with Gasteiger partial charge in [0.15, 0.2) is 0 Å². The van der Waals surface area contributed by atoms with Crippen molar-refractivity contribution in [3.05, 3.63) is 38.9 Å². The summed E-state index contributed by atoms with van der Waals surface area (Å²) in [5.41, 5.74) is 3.37. The van der Waals surface area contributed by atoms with E-state index in [0.717, 1.165) is 22.0 Å². The van der Waals surface area contributed by atoms with Crippen molar-refractivity contribution in [3.63, 3.8) is 0 Å². The summed E-state index contributed by atoms with van der Waals surface area (Å²) in [5, 5.41) is 11.9. The van der Waals surface area contributed by atoms with Crippen LogP contribution in [0.1, 0.15) is 30.4 Å². The van der Waals surface area contributed by atoms with E-state index in [2.05, 4.69) is 21.2 Å². The number of carbonyl (C=O) groups excluding carboxylic acids is 1. The lowest BCUT2D eigenvalue weighted by molar-refractivity contribution is -0.133. The summed E-state index contributed by atoms with van der Waals surface area (Å²) in [7, 11) is 0. The predicted octanol–water partition coefficient (Wildman–Crippen LogP) is 3.57. The second-order valence-corrected chi connectivity index (χ2v) is 5.86. The van der Waals surface area contributed by atoms with Gasteiger partial charge in [0.25, 0.3) is 5.91 Å². The highest BCUT2D eigenvalue weighted by molar-refractivity contribution is 9.10. The first-order chi connectivity index (χ1) is 9.40. The molecule has 0 aromatic heterocycles. The average Bonchev–Trinajstić information content (AvgIpc) is 2.82. The molecule has 0 atom stereocenters. The molecule has 1 aromatic carbocycles. The molecule has 0 bridgehead atoms. The van der Waals surface area contributed by atoms with E-state index in [-0.39, 0.29) is 11.5 Å². The number of aliphatic carboxylic acids is 1. The lowest BCUT2D eigenvalue weighted by Gasteiger charge is -2.12. The summed E-state index contributed by atoms with van der Waals surface area (Å²) >= 11 is 3.43. The van der Waals surface area contributed by atoms with Gasteiger partial charge in [0.2, 0.25) is 0 Å². The second-order valence-electron chi connectivity index (χ2n) is 5.01. The molecule has 20 heavy (non-hydrogen) atoms. The third-order valence-electron chi connectivity index (χ3n) is 3.42. The third-order valence-corrected chi connectivity index (χ3v) is 4.05. The van der Waals surface area contributed by atoms with Crippen LogP contribution in [0, 0.1) is 13.8 Å². The molecule has 0 radical (unpaired) electrons. The molecule has 0 unspecified atom stereocenters. The molecule has 1 amide bonds. The summed E-state index contributed by atoms with van der Waals surface area (Å²) < 4.78 is 0.804. The first-order valence-electron chi connectivity index (χ1n) is 6.43. The number of amides is 1. The molecule has 0 saturated carbocycles. The van der Waals surface area contributed by atoms with Crippen LogP contribution in [0.25, 0.3) is 0 Å². The number of hydrogen-bond donors (Lipinski definition) is 2. The molecule has 2 N–H and O–H groups in total. The molecular formula is C15H16BrNO3. The van der Waals surface area contributed by atoms with Crippen LogP contribution in [0.5, 0.6) is 0 Å². The minimum Gasteiger partial charge on any atom is -0.478 e. The number of halogens is 1. The molecular weight excluding hydrogens is 322 g/mol. The van der Waals surface area contributed by atoms with Gasteiger partial charge in [-0.2, -0.15) is 0 Å². The Labute approximate surface area is 126 Å². The van der Waals surface area contributed by atoms with E-state index >= 15 is 0 Å². The van der Waals surface area contributed by atoms with Gasteiger partial charge >= 0.3 is 5.97 Å². The summed E-state index contributed by atoms with van der Waals surface area (Å²) in [5.74, 6) is -1.31. The Kier molecular flexibility index (Phi) is 4.28. The van der Waals surface area contributed by atoms with Crippen molar-refractivity contribution < 1.29 is 14.7 Å². The van der Waals surface area contributed by atoms with Gasteiger partial charge in [-0.3, -0.25) is 4.79 Å². The zero-order valence-electron chi connectivity index (χ0n) is 11.4. The molecule has 1 aromatic rings. The number of rotatable bonds is 3. The Balaban J connectivity index is 2.29. The molecule has 1 aliphatic carbocycles. The topological polar surface area (TPSA) is 66.4 Å². The standard InChI is InChI=1S/C15H16BrNO3/c1-8-6-9(2)13(12(16)7-8)17-14(18)10-4-3-5-11(10)15(19)20/h6-7H,3-5H2,1-2H3,(H,17,18)(H,19,20). The van der Waals surface area contributed by atoms with Crippen LogP contribution in [0.3, 0.4) is 0 Å². The summed E-state index contributed by atoms with van der Waals surface area (Å²) in [4.78, 5) is 23.4. The minimum absolute atomic E-state index is 0.239. The molecule has 0 spiro atoms. The van der Waals surface area contributed by atoms with Crippen LogP contribution in [0.15, 0.2) is 27.8 Å². The number of aryl methyl sites for hydroxylation is 2. The van der Waals surface area contributed by atoms with Crippen molar-refractivity contribution in [2.75, 3.05) is 5.32 Å². The van der Waals surface area contributed by atoms with E-state index < -0.39 is 5.97 Å². The fourth-order valence-electron chi connectivity index (χ4n) is 2.49. The van der Waals surface area contributed by atoms with Crippen LogP contribution in [-0.4, -0.2) is 17.0 Å². The van der Waals surface area contributed by atoms with Crippen LogP contribution in [0.4, 0.5) is 5.69 Å². The largest absolute Gasteiger partial charge is 0.478 e. The highest BCUT2D eigenvalue weighted by Gasteiger charge is 2.25. The Hall–Kier alpha value is -1.62. The second kappa shape index (κ2) is 5.79. The van der Waals surface area contributed by atoms with Crippen molar-refractivity contribution in [1.82, 2.24) is 0 Å². The maximum absolute atomic E-state index is 12.3. The zero-order chi connectivity index (χ0) is 14.9. The highest BCUT2D eigenvalue weighted by Crippen LogP contribution is 2.31. The van der Waals surface area contributed by atoms with E-state index in [1.807, 2.05) is 26.0 Å². The summed E-state index contributed by atoms with van der Waals surface area (Å²) in [6, 6.07) is 3.89. The number of carboxylic acids is 1. The minimum atomic E-state index is -0.993. The van der Waals surface area contributed by atoms with E-state index in [4.69, 9.17) is 5.11 Å². The van der Waals surface area contributed by atoms with Crippen molar-refractivity contribution in [2.45, 2.75) is 33.1 Å². The first-order valence-corrected chi connectivity index (χ1v) is 7.23. The van der Waals surface area contributed by atoms with Gasteiger partial charge in [-0.15, -0.1) is 0 Å². The molecule has 0 heterocycles. The van der Waals surface area contributed by atoms with Gasteiger partial charge in [-0.1, -0.05) is 6.07 Å². The van der Waals surface area contributed by atoms with Gasteiger partial charge in [0.05, 0.1) is 5.69 Å². The van der Waals surface area contributed by atoms with Gasteiger partial charge in [-0.05, 0) is 66.2 Å². The van der Waals surface area contributed by atoms with Crippen molar-refractivity contribution in [3.8, 4) is 0 Å². The fourth-order valence-corrected chi connectivity index (χ4v) is 3.27. The molecule has 2 rings (SSSR count). The van der Waals surface area contributed by atoms with E-state index in [1.165, 1.54) is 0 Å². The van der Waals surface area contributed by atoms with E-state index in [0.29, 0.717) is 24.1 Å². The first kappa shape index (κ1) is 14.8. The number of hydrogen-bond acceptors (Lipinski definition) is 2. The van der Waals surface area contributed by atoms with Gasteiger partial charge in [-0.25, -0.2) is 4.79 Å². The van der Waals surface area contributed by atoms with Crippen LogP contribution in [-0.2, 0) is 9.59 Å². The zero-order valence-corrected chi connectivity index (χ0v) is 13.0. The van der Waals surface area contributed by atoms with Gasteiger partial charge in [0, 0.05) is 15.6 Å². The summed E-state index contributed by atoms with van der Waals surface area (Å²) in [6.07, 6.45) is 1.71. The fraction of sp³-hybridized carbons (Fsp3) is 0.333. The Morgan fingerprint density at radius 2 is 1.85 bits per heavy atom. The van der Waals surface area contributed by atoms with Crippen molar-refractivity contribution >= 4 is 33.5 Å². The third kappa shape index (κ3) is 2.93. The van der Waals surface area contributed by atoms with Gasteiger partial charge in [0.1, 0.15) is 0 Å². The van der Waals surface area contributed by atoms with Crippen LogP contribution >= 0.6 is 15.9 Å². The van der Waals surface area contributed by atoms with Crippen molar-refractivity contribution in [1.29, 1.82) is 0 Å². The van der Waals surface area contributed by atoms with Crippen LogP contribution < -0.4 is 5.32 Å². The lowest BCUT2D eigenvalue weighted by Crippen LogP contribution is -2.17.